The zero-order valence-corrected chi connectivity index (χ0v) is 18.7. The smallest absolute Gasteiger partial charge is 0.417 e. The van der Waals surface area contributed by atoms with E-state index < -0.39 is 32.5 Å². The highest BCUT2D eigenvalue weighted by Gasteiger charge is 2.36. The predicted octanol–water partition coefficient (Wildman–Crippen LogP) is 4.84. The molecule has 32 heavy (non-hydrogen) atoms. The molecule has 7 nitrogen and oxygen atoms in total. The van der Waals surface area contributed by atoms with Crippen molar-refractivity contribution < 1.29 is 31.1 Å². The quantitative estimate of drug-likeness (QED) is 0.521. The van der Waals surface area contributed by atoms with Crippen LogP contribution in [0.3, 0.4) is 0 Å². The topological polar surface area (TPSA) is 97.4 Å². The molecular weight excluding hydrogens is 467 g/mol. The number of rotatable bonds is 6. The van der Waals surface area contributed by atoms with Gasteiger partial charge in [0.15, 0.2) is 4.90 Å². The van der Waals surface area contributed by atoms with Crippen molar-refractivity contribution in [3.05, 3.63) is 63.5 Å². The molecule has 0 aliphatic carbocycles. The van der Waals surface area contributed by atoms with E-state index in [1.807, 2.05) is 0 Å². The van der Waals surface area contributed by atoms with Gasteiger partial charge in [-0.15, -0.1) is 11.3 Å². The minimum Gasteiger partial charge on any atom is -0.480 e. The molecule has 0 fully saturated rings. The molecule has 3 aromatic rings. The van der Waals surface area contributed by atoms with E-state index in [0.29, 0.717) is 28.2 Å². The molecule has 1 amide bonds. The predicted molar refractivity (Wildman–Crippen MR) is 115 cm³/mol. The summed E-state index contributed by atoms with van der Waals surface area (Å²) in [5, 5.41) is 3.42. The number of aryl methyl sites for hydroxylation is 2. The van der Waals surface area contributed by atoms with Crippen LogP contribution >= 0.6 is 11.3 Å². The number of benzene rings is 1. The van der Waals surface area contributed by atoms with Gasteiger partial charge in [-0.1, -0.05) is 18.2 Å². The van der Waals surface area contributed by atoms with Crippen molar-refractivity contribution in [2.45, 2.75) is 24.9 Å². The van der Waals surface area contributed by atoms with Crippen LogP contribution in [-0.2, 0) is 16.2 Å². The summed E-state index contributed by atoms with van der Waals surface area (Å²) >= 11 is 0.618. The van der Waals surface area contributed by atoms with E-state index in [1.54, 1.807) is 32.0 Å². The fourth-order valence-corrected chi connectivity index (χ4v) is 5.06. The number of nitrogens with one attached hydrogen (secondary N) is 2. The molecule has 0 saturated carbocycles. The summed E-state index contributed by atoms with van der Waals surface area (Å²) in [6.07, 6.45) is -3.61. The molecule has 170 valence electrons. The van der Waals surface area contributed by atoms with Crippen molar-refractivity contribution in [3.8, 4) is 5.88 Å². The number of amides is 1. The number of alkyl halides is 3. The number of ether oxygens (including phenoxy) is 1. The van der Waals surface area contributed by atoms with Crippen LogP contribution in [0.1, 0.15) is 26.4 Å². The summed E-state index contributed by atoms with van der Waals surface area (Å²) in [5.41, 5.74) is 0.548. The Labute approximate surface area is 186 Å². The highest BCUT2D eigenvalue weighted by Crippen LogP contribution is 2.35. The standard InChI is InChI=1S/C20H18F3N3O4S2/c1-11-5-4-6-12(2)16(11)26-32(28,29)15-9-13(10-24-19(15)30-3)25-18(27)17-14(7-8-31-17)20(21,22)23/h4-10,26H,1-3H3,(H,25,27). The van der Waals surface area contributed by atoms with Gasteiger partial charge in [0, 0.05) is 0 Å². The maximum Gasteiger partial charge on any atom is 0.417 e. The second kappa shape index (κ2) is 8.79. The van der Waals surface area contributed by atoms with Gasteiger partial charge in [-0.2, -0.15) is 13.2 Å². The molecule has 0 aliphatic rings. The third kappa shape index (κ3) is 4.86. The number of halogens is 3. The van der Waals surface area contributed by atoms with Crippen molar-refractivity contribution >= 4 is 38.6 Å². The minimum absolute atomic E-state index is 0.112. The lowest BCUT2D eigenvalue weighted by atomic mass is 10.1. The Hall–Kier alpha value is -3.12. The average Bonchev–Trinajstić information content (AvgIpc) is 3.22. The van der Waals surface area contributed by atoms with E-state index in [1.165, 1.54) is 7.11 Å². The van der Waals surface area contributed by atoms with Gasteiger partial charge in [-0.3, -0.25) is 9.52 Å². The maximum absolute atomic E-state index is 13.1. The number of thiophene rings is 1. The molecule has 0 atom stereocenters. The number of carbonyl (C=O) groups is 1. The van der Waals surface area contributed by atoms with Crippen LogP contribution in [0.5, 0.6) is 5.88 Å². The zero-order valence-electron chi connectivity index (χ0n) is 17.1. The number of anilines is 2. The third-order valence-electron chi connectivity index (χ3n) is 4.45. The third-order valence-corrected chi connectivity index (χ3v) is 6.71. The van der Waals surface area contributed by atoms with Crippen LogP contribution in [-0.4, -0.2) is 26.4 Å². The number of pyridine rings is 1. The average molecular weight is 486 g/mol. The van der Waals surface area contributed by atoms with Crippen LogP contribution in [0, 0.1) is 13.8 Å². The summed E-state index contributed by atoms with van der Waals surface area (Å²) in [6.45, 7) is 3.46. The van der Waals surface area contributed by atoms with E-state index in [2.05, 4.69) is 15.0 Å². The first kappa shape index (κ1) is 23.5. The second-order valence-corrected chi connectivity index (χ2v) is 9.29. The fourth-order valence-electron chi connectivity index (χ4n) is 2.91. The number of nitrogens with zero attached hydrogens (tertiary/aromatic N) is 1. The Morgan fingerprint density at radius 3 is 2.41 bits per heavy atom. The highest BCUT2D eigenvalue weighted by molar-refractivity contribution is 7.92. The van der Waals surface area contributed by atoms with E-state index in [-0.39, 0.29) is 16.5 Å². The maximum atomic E-state index is 13.1. The number of hydrogen-bond acceptors (Lipinski definition) is 6. The zero-order chi connectivity index (χ0) is 23.7. The van der Waals surface area contributed by atoms with Crippen LogP contribution in [0.15, 0.2) is 46.8 Å². The monoisotopic (exact) mass is 485 g/mol. The summed E-state index contributed by atoms with van der Waals surface area (Å²) < 4.78 is 72.9. The van der Waals surface area contributed by atoms with Crippen molar-refractivity contribution in [3.63, 3.8) is 0 Å². The Morgan fingerprint density at radius 1 is 1.16 bits per heavy atom. The van der Waals surface area contributed by atoms with Crippen molar-refractivity contribution in [2.75, 3.05) is 17.1 Å². The van der Waals surface area contributed by atoms with Crippen molar-refractivity contribution in [1.82, 2.24) is 4.98 Å². The lowest BCUT2D eigenvalue weighted by Gasteiger charge is -2.15. The molecule has 1 aromatic carbocycles. The lowest BCUT2D eigenvalue weighted by Crippen LogP contribution is -2.18. The molecule has 0 saturated heterocycles. The molecule has 12 heteroatoms. The summed E-state index contributed by atoms with van der Waals surface area (Å²) in [5.74, 6) is -1.28. The molecule has 0 unspecified atom stereocenters. The molecule has 2 heterocycles. The molecule has 2 aromatic heterocycles. The Bertz CT molecular complexity index is 1250. The molecule has 0 spiro atoms. The van der Waals surface area contributed by atoms with Gasteiger partial charge in [0.1, 0.15) is 4.88 Å². The molecular formula is C20H18F3N3O4S2. The number of hydrogen-bond donors (Lipinski definition) is 2. The molecule has 2 N–H and O–H groups in total. The van der Waals surface area contributed by atoms with Crippen LogP contribution < -0.4 is 14.8 Å². The summed E-state index contributed by atoms with van der Waals surface area (Å²) in [4.78, 5) is 15.4. The van der Waals surface area contributed by atoms with E-state index >= 15 is 0 Å². The molecule has 0 radical (unpaired) electrons. The first-order valence-corrected chi connectivity index (χ1v) is 11.4. The summed E-state index contributed by atoms with van der Waals surface area (Å²) in [7, 11) is -2.99. The molecule has 0 bridgehead atoms. The first-order chi connectivity index (χ1) is 14.9. The Morgan fingerprint density at radius 2 is 1.81 bits per heavy atom. The normalized spacial score (nSPS) is 11.8. The van der Waals surface area contributed by atoms with Crippen LogP contribution in [0.25, 0.3) is 0 Å². The van der Waals surface area contributed by atoms with E-state index in [0.717, 1.165) is 23.7 Å². The van der Waals surface area contributed by atoms with E-state index in [9.17, 15) is 26.4 Å². The number of para-hydroxylation sites is 1. The van der Waals surface area contributed by atoms with Crippen LogP contribution in [0.2, 0.25) is 0 Å². The Balaban J connectivity index is 1.96. The van der Waals surface area contributed by atoms with Crippen molar-refractivity contribution in [2.24, 2.45) is 0 Å². The van der Waals surface area contributed by atoms with Gasteiger partial charge >= 0.3 is 6.18 Å². The number of methoxy groups -OCH3 is 1. The lowest BCUT2D eigenvalue weighted by molar-refractivity contribution is -0.137. The number of aromatic nitrogens is 1. The second-order valence-electron chi connectivity index (χ2n) is 6.72. The number of carbonyl (C=O) groups excluding carboxylic acids is 1. The highest BCUT2D eigenvalue weighted by atomic mass is 32.2. The minimum atomic E-state index is -4.70. The van der Waals surface area contributed by atoms with Crippen molar-refractivity contribution in [1.29, 1.82) is 0 Å². The Kier molecular flexibility index (Phi) is 6.46. The van der Waals surface area contributed by atoms with Gasteiger partial charge in [-0.25, -0.2) is 13.4 Å². The van der Waals surface area contributed by atoms with Crippen LogP contribution in [0.4, 0.5) is 24.5 Å². The van der Waals surface area contributed by atoms with Gasteiger partial charge in [0.05, 0.1) is 30.2 Å². The fraction of sp³-hybridized carbons (Fsp3) is 0.200. The van der Waals surface area contributed by atoms with Gasteiger partial charge in [-0.05, 0) is 42.5 Å². The first-order valence-electron chi connectivity index (χ1n) is 9.03. The van der Waals surface area contributed by atoms with E-state index in [4.69, 9.17) is 4.74 Å². The SMILES string of the molecule is COc1ncc(NC(=O)c2sccc2C(F)(F)F)cc1S(=O)(=O)Nc1c(C)cccc1C. The molecule has 0 aliphatic heterocycles. The number of sulfonamides is 1. The molecule has 3 rings (SSSR count). The largest absolute Gasteiger partial charge is 0.480 e. The van der Waals surface area contributed by atoms with Gasteiger partial charge in [0.25, 0.3) is 15.9 Å². The van der Waals surface area contributed by atoms with Gasteiger partial charge in [0.2, 0.25) is 5.88 Å². The van der Waals surface area contributed by atoms with Gasteiger partial charge < -0.3 is 10.1 Å². The summed E-state index contributed by atoms with van der Waals surface area (Å²) in [6, 6.07) is 7.11.